The van der Waals surface area contributed by atoms with Gasteiger partial charge in [0.1, 0.15) is 17.2 Å². The molecule has 0 aliphatic heterocycles. The van der Waals surface area contributed by atoms with E-state index in [1.807, 2.05) is 12.1 Å². The van der Waals surface area contributed by atoms with Crippen LogP contribution in [0.2, 0.25) is 0 Å². The smallest absolute Gasteiger partial charge is 0.182 e. The number of hydrogen-bond donors (Lipinski definition) is 1. The normalized spacial score (nSPS) is 10.5. The molecule has 0 amide bonds. The molecule has 0 saturated heterocycles. The van der Waals surface area contributed by atoms with Gasteiger partial charge in [0.05, 0.1) is 21.3 Å². The molecule has 2 aromatic carbocycles. The first-order valence-corrected chi connectivity index (χ1v) is 7.20. The molecule has 0 radical (unpaired) electrons. The molecule has 1 N–H and O–H groups in total. The lowest BCUT2D eigenvalue weighted by Crippen LogP contribution is -1.90. The summed E-state index contributed by atoms with van der Waals surface area (Å²) in [5, 5.41) is 9.99. The van der Waals surface area contributed by atoms with Crippen LogP contribution in [0, 0.1) is 0 Å². The van der Waals surface area contributed by atoms with Gasteiger partial charge in [-0.2, -0.15) is 0 Å². The fourth-order valence-corrected chi connectivity index (χ4v) is 2.43. The largest absolute Gasteiger partial charge is 0.504 e. The number of methoxy groups -OCH3 is 3. The minimum absolute atomic E-state index is 0.0283. The van der Waals surface area contributed by atoms with Crippen LogP contribution >= 0.6 is 0 Å². The van der Waals surface area contributed by atoms with Crippen molar-refractivity contribution in [2.45, 2.75) is 0 Å². The lowest BCUT2D eigenvalue weighted by atomic mass is 10.0. The van der Waals surface area contributed by atoms with Crippen LogP contribution in [0.15, 0.2) is 47.2 Å². The van der Waals surface area contributed by atoms with E-state index in [0.717, 1.165) is 5.56 Å². The third kappa shape index (κ3) is 2.86. The molecule has 24 heavy (non-hydrogen) atoms. The summed E-state index contributed by atoms with van der Waals surface area (Å²) >= 11 is 0. The number of nitrogens with zero attached hydrogens (tertiary/aromatic N) is 1. The van der Waals surface area contributed by atoms with Gasteiger partial charge in [-0.15, -0.1) is 0 Å². The number of benzene rings is 2. The Kier molecular flexibility index (Phi) is 4.29. The van der Waals surface area contributed by atoms with E-state index >= 15 is 0 Å². The molecular weight excluding hydrogens is 310 g/mol. The number of phenols is 1. The van der Waals surface area contributed by atoms with Gasteiger partial charge in [0.15, 0.2) is 23.7 Å². The average molecular weight is 327 g/mol. The standard InChI is InChI=1S/C18H17NO5/c1-21-13-6-12(7-14(9-13)22-2)17-18(24-10-19-17)11-4-5-16(23-3)15(20)8-11/h4-10,20H,1-3H3. The van der Waals surface area contributed by atoms with Gasteiger partial charge in [-0.3, -0.25) is 0 Å². The van der Waals surface area contributed by atoms with Crippen LogP contribution in [0.3, 0.4) is 0 Å². The molecule has 0 bridgehead atoms. The topological polar surface area (TPSA) is 74.0 Å². The molecule has 6 nitrogen and oxygen atoms in total. The van der Waals surface area contributed by atoms with Gasteiger partial charge < -0.3 is 23.7 Å². The van der Waals surface area contributed by atoms with Gasteiger partial charge in [-0.05, 0) is 30.3 Å². The Balaban J connectivity index is 2.10. The predicted octanol–water partition coefficient (Wildman–Crippen LogP) is 3.74. The summed E-state index contributed by atoms with van der Waals surface area (Å²) in [5.74, 6) is 2.25. The van der Waals surface area contributed by atoms with Crippen molar-refractivity contribution in [3.8, 4) is 45.6 Å². The van der Waals surface area contributed by atoms with E-state index in [1.165, 1.54) is 13.5 Å². The van der Waals surface area contributed by atoms with Crippen LogP contribution in [0.1, 0.15) is 0 Å². The zero-order valence-electron chi connectivity index (χ0n) is 13.6. The molecule has 124 valence electrons. The summed E-state index contributed by atoms with van der Waals surface area (Å²) in [5.41, 5.74) is 2.09. The van der Waals surface area contributed by atoms with E-state index in [9.17, 15) is 5.11 Å². The van der Waals surface area contributed by atoms with Crippen molar-refractivity contribution < 1.29 is 23.7 Å². The fourth-order valence-electron chi connectivity index (χ4n) is 2.43. The first-order valence-electron chi connectivity index (χ1n) is 7.20. The molecule has 1 aromatic heterocycles. The molecule has 6 heteroatoms. The van der Waals surface area contributed by atoms with E-state index in [1.54, 1.807) is 38.5 Å². The Morgan fingerprint density at radius 1 is 0.875 bits per heavy atom. The number of aromatic hydroxyl groups is 1. The Bertz CT molecular complexity index is 834. The minimum Gasteiger partial charge on any atom is -0.504 e. The highest BCUT2D eigenvalue weighted by atomic mass is 16.5. The van der Waals surface area contributed by atoms with Crippen molar-refractivity contribution in [2.24, 2.45) is 0 Å². The number of hydrogen-bond acceptors (Lipinski definition) is 6. The third-order valence-electron chi connectivity index (χ3n) is 3.63. The molecule has 1 heterocycles. The Labute approximate surface area is 139 Å². The molecule has 3 aromatic rings. The van der Waals surface area contributed by atoms with Gasteiger partial charge in [0.25, 0.3) is 0 Å². The van der Waals surface area contributed by atoms with Crippen molar-refractivity contribution in [2.75, 3.05) is 21.3 Å². The van der Waals surface area contributed by atoms with Crippen molar-refractivity contribution in [1.29, 1.82) is 0 Å². The molecule has 0 aliphatic rings. The molecule has 0 atom stereocenters. The molecule has 0 saturated carbocycles. The highest BCUT2D eigenvalue weighted by Crippen LogP contribution is 2.38. The van der Waals surface area contributed by atoms with Crippen LogP contribution in [-0.2, 0) is 0 Å². The number of phenolic OH excluding ortho intramolecular Hbond substituents is 1. The van der Waals surface area contributed by atoms with Crippen molar-refractivity contribution in [3.05, 3.63) is 42.8 Å². The van der Waals surface area contributed by atoms with Gasteiger partial charge in [-0.1, -0.05) is 0 Å². The van der Waals surface area contributed by atoms with E-state index in [-0.39, 0.29) is 5.75 Å². The summed E-state index contributed by atoms with van der Waals surface area (Å²) in [6.45, 7) is 0. The van der Waals surface area contributed by atoms with Crippen LogP contribution in [0.25, 0.3) is 22.6 Å². The van der Waals surface area contributed by atoms with E-state index in [0.29, 0.717) is 34.3 Å². The second kappa shape index (κ2) is 6.54. The van der Waals surface area contributed by atoms with Crippen LogP contribution in [-0.4, -0.2) is 31.4 Å². The quantitative estimate of drug-likeness (QED) is 0.769. The van der Waals surface area contributed by atoms with Crippen molar-refractivity contribution in [3.63, 3.8) is 0 Å². The first kappa shape index (κ1) is 15.7. The summed E-state index contributed by atoms with van der Waals surface area (Å²) in [6, 6.07) is 10.5. The third-order valence-corrected chi connectivity index (χ3v) is 3.63. The molecule has 0 unspecified atom stereocenters. The SMILES string of the molecule is COc1cc(OC)cc(-c2ncoc2-c2ccc(OC)c(O)c2)c1. The highest BCUT2D eigenvalue weighted by molar-refractivity contribution is 5.79. The van der Waals surface area contributed by atoms with E-state index in [2.05, 4.69) is 4.98 Å². The maximum atomic E-state index is 9.99. The summed E-state index contributed by atoms with van der Waals surface area (Å²) < 4.78 is 21.2. The first-order chi connectivity index (χ1) is 11.7. The van der Waals surface area contributed by atoms with E-state index < -0.39 is 0 Å². The van der Waals surface area contributed by atoms with Gasteiger partial charge in [0, 0.05) is 17.2 Å². The molecular formula is C18H17NO5. The minimum atomic E-state index is 0.0283. The summed E-state index contributed by atoms with van der Waals surface area (Å²) in [4.78, 5) is 4.30. The second-order valence-corrected chi connectivity index (χ2v) is 5.02. The molecule has 0 spiro atoms. The molecule has 0 fully saturated rings. The lowest BCUT2D eigenvalue weighted by Gasteiger charge is -2.09. The number of oxazole rings is 1. The van der Waals surface area contributed by atoms with Gasteiger partial charge in [-0.25, -0.2) is 4.98 Å². The van der Waals surface area contributed by atoms with Crippen LogP contribution in [0.4, 0.5) is 0 Å². The van der Waals surface area contributed by atoms with Gasteiger partial charge >= 0.3 is 0 Å². The molecule has 0 aliphatic carbocycles. The predicted molar refractivity (Wildman–Crippen MR) is 88.7 cm³/mol. The Hall–Kier alpha value is -3.15. The fraction of sp³-hybridized carbons (Fsp3) is 0.167. The lowest BCUT2D eigenvalue weighted by molar-refractivity contribution is 0.373. The van der Waals surface area contributed by atoms with Gasteiger partial charge in [0.2, 0.25) is 0 Å². The van der Waals surface area contributed by atoms with E-state index in [4.69, 9.17) is 18.6 Å². The van der Waals surface area contributed by atoms with Crippen molar-refractivity contribution in [1.82, 2.24) is 4.98 Å². The van der Waals surface area contributed by atoms with Crippen LogP contribution < -0.4 is 14.2 Å². The molecule has 3 rings (SSSR count). The maximum Gasteiger partial charge on any atom is 0.182 e. The zero-order chi connectivity index (χ0) is 17.1. The summed E-state index contributed by atoms with van der Waals surface area (Å²) in [6.07, 6.45) is 1.36. The zero-order valence-corrected chi connectivity index (χ0v) is 13.6. The second-order valence-electron chi connectivity index (χ2n) is 5.02. The van der Waals surface area contributed by atoms with Crippen LogP contribution in [0.5, 0.6) is 23.0 Å². The van der Waals surface area contributed by atoms with Crippen molar-refractivity contribution >= 4 is 0 Å². The Morgan fingerprint density at radius 2 is 1.58 bits per heavy atom. The average Bonchev–Trinajstić information content (AvgIpc) is 3.10. The number of ether oxygens (including phenoxy) is 3. The summed E-state index contributed by atoms with van der Waals surface area (Å²) in [7, 11) is 4.67. The monoisotopic (exact) mass is 327 g/mol. The Morgan fingerprint density at radius 3 is 2.17 bits per heavy atom. The number of aromatic nitrogens is 1. The number of rotatable bonds is 5. The maximum absolute atomic E-state index is 9.99. The highest BCUT2D eigenvalue weighted by Gasteiger charge is 2.16.